The van der Waals surface area contributed by atoms with Crippen molar-refractivity contribution in [3.8, 4) is 5.75 Å². The molecule has 0 amide bonds. The third-order valence-electron chi connectivity index (χ3n) is 1.19. The summed E-state index contributed by atoms with van der Waals surface area (Å²) in [4.78, 5) is 0. The van der Waals surface area contributed by atoms with Gasteiger partial charge in [0.05, 0.1) is 15.1 Å². The van der Waals surface area contributed by atoms with Crippen molar-refractivity contribution in [2.75, 3.05) is 0 Å². The Hall–Kier alpha value is 0.708. The van der Waals surface area contributed by atoms with E-state index in [1.54, 1.807) is 0 Å². The molecule has 1 aromatic carbocycles. The fourth-order valence-electron chi connectivity index (χ4n) is 0.593. The fraction of sp³-hybridized carbons (Fsp3) is 0. The Kier molecular flexibility index (Phi) is 7.03. The van der Waals surface area contributed by atoms with Crippen LogP contribution in [-0.4, -0.2) is 31.9 Å². The first-order valence-electron chi connectivity index (χ1n) is 3.45. The molecule has 0 atom stereocenters. The molecule has 17 heavy (non-hydrogen) atoms. The van der Waals surface area contributed by atoms with E-state index in [4.69, 9.17) is 74.0 Å². The molecule has 0 aliphatic heterocycles. The predicted molar refractivity (Wildman–Crippen MR) is 66.3 cm³/mol. The number of aromatic hydroxyl groups is 1. The summed E-state index contributed by atoms with van der Waals surface area (Å²) in [5.74, 6) is -0.363. The van der Waals surface area contributed by atoms with Crippen LogP contribution < -0.4 is 0 Å². The van der Waals surface area contributed by atoms with Crippen LogP contribution in [0.25, 0.3) is 0 Å². The first kappa shape index (κ1) is 17.7. The van der Waals surface area contributed by atoms with Crippen LogP contribution in [-0.2, 0) is 3.74 Å². The van der Waals surface area contributed by atoms with Crippen LogP contribution in [0.4, 0.5) is 0 Å². The Bertz CT molecular complexity index is 359. The van der Waals surface area contributed by atoms with Crippen LogP contribution in [0.2, 0.25) is 25.1 Å². The monoisotopic (exact) mass is 406 g/mol. The van der Waals surface area contributed by atoms with Crippen molar-refractivity contribution in [3.63, 3.8) is 0 Å². The number of hydrogen-bond donors (Lipinski definition) is 4. The Labute approximate surface area is 124 Å². The van der Waals surface area contributed by atoms with Crippen molar-refractivity contribution < 1.29 is 21.1 Å². The summed E-state index contributed by atoms with van der Waals surface area (Å²) in [6.07, 6.45) is 0. The number of phenolic OH excluding ortho intramolecular Hbond substituents is 1. The molecular weight excluding hydrogens is 404 g/mol. The fourth-order valence-corrected chi connectivity index (χ4v) is 1.72. The molecule has 0 unspecified atom stereocenters. The zero-order valence-corrected chi connectivity index (χ0v) is 13.2. The number of hydrogen-bond acceptors (Lipinski definition) is 2. The standard InChI is InChI=1S/C6HCl5O.AsH3O4/c7-1-2(8)4(10)6(12)5(11)3(1)9;2-1(3,4)5/h12H;(H3,2,3,4,5). The van der Waals surface area contributed by atoms with Crippen LogP contribution in [0, 0.1) is 0 Å². The molecule has 0 aliphatic rings. The summed E-state index contributed by atoms with van der Waals surface area (Å²) >= 11 is 22.8. The average Bonchev–Trinajstić information content (AvgIpc) is 2.18. The number of rotatable bonds is 0. The maximum Gasteiger partial charge on any atom is 0.155 e. The van der Waals surface area contributed by atoms with E-state index in [1.165, 1.54) is 0 Å². The Morgan fingerprint density at radius 1 is 0.706 bits per heavy atom. The van der Waals surface area contributed by atoms with Gasteiger partial charge < -0.3 is 5.11 Å². The van der Waals surface area contributed by atoms with Gasteiger partial charge in [-0.05, 0) is 0 Å². The van der Waals surface area contributed by atoms with Crippen molar-refractivity contribution in [1.82, 2.24) is 0 Å². The summed E-state index contributed by atoms with van der Waals surface area (Å²) in [5.41, 5.74) is 0. The van der Waals surface area contributed by atoms with Crippen molar-refractivity contribution >= 4 is 72.5 Å². The van der Waals surface area contributed by atoms with E-state index in [1.807, 2.05) is 0 Å². The van der Waals surface area contributed by atoms with Gasteiger partial charge in [-0.15, -0.1) is 0 Å². The van der Waals surface area contributed by atoms with Gasteiger partial charge in [-0.2, -0.15) is 0 Å². The third kappa shape index (κ3) is 5.92. The molecular formula is C6H4AsCl5O5. The first-order valence-corrected chi connectivity index (χ1v) is 8.62. The van der Waals surface area contributed by atoms with Crippen LogP contribution in [0.15, 0.2) is 0 Å². The van der Waals surface area contributed by atoms with Crippen LogP contribution in [0.3, 0.4) is 0 Å². The van der Waals surface area contributed by atoms with Gasteiger partial charge in [0.25, 0.3) is 0 Å². The second kappa shape index (κ2) is 6.75. The summed E-state index contributed by atoms with van der Waals surface area (Å²) in [6, 6.07) is 0. The van der Waals surface area contributed by atoms with E-state index >= 15 is 0 Å². The zero-order valence-electron chi connectivity index (χ0n) is 7.53. The van der Waals surface area contributed by atoms with Gasteiger partial charge in [0, 0.05) is 0 Å². The topological polar surface area (TPSA) is 98.0 Å². The molecule has 0 aliphatic carbocycles. The molecule has 5 nitrogen and oxygen atoms in total. The predicted octanol–water partition coefficient (Wildman–Crippen LogP) is 2.49. The summed E-state index contributed by atoms with van der Waals surface area (Å²) < 4.78 is 30.7. The number of halogens is 5. The molecule has 0 radical (unpaired) electrons. The summed E-state index contributed by atoms with van der Waals surface area (Å²) in [5, 5.41) is 9.01. The third-order valence-corrected chi connectivity index (χ3v) is 3.44. The van der Waals surface area contributed by atoms with Gasteiger partial charge in [-0.25, -0.2) is 0 Å². The number of benzene rings is 1. The Morgan fingerprint density at radius 2 is 0.882 bits per heavy atom. The van der Waals surface area contributed by atoms with E-state index in [2.05, 4.69) is 0 Å². The molecule has 1 aromatic rings. The molecule has 4 N–H and O–H groups in total. The van der Waals surface area contributed by atoms with E-state index in [0.717, 1.165) is 0 Å². The second-order valence-electron chi connectivity index (χ2n) is 2.43. The molecule has 98 valence electrons. The Balaban J connectivity index is 0.000000437. The average molecular weight is 408 g/mol. The molecule has 0 fully saturated rings. The van der Waals surface area contributed by atoms with Gasteiger partial charge in [0.1, 0.15) is 10.0 Å². The minimum absolute atomic E-state index is 0.00904. The smallest absolute Gasteiger partial charge is 0.155 e. The minimum Gasteiger partial charge on any atom is -0.505 e. The maximum absolute atomic E-state index is 9.20. The molecule has 0 spiro atoms. The van der Waals surface area contributed by atoms with E-state index in [-0.39, 0.29) is 30.9 Å². The molecule has 0 bridgehead atoms. The van der Waals surface area contributed by atoms with E-state index < -0.39 is 14.5 Å². The summed E-state index contributed by atoms with van der Waals surface area (Å²) in [7, 11) is 0. The maximum atomic E-state index is 9.20. The molecule has 1 rings (SSSR count). The zero-order chi connectivity index (χ0) is 14.0. The van der Waals surface area contributed by atoms with Crippen molar-refractivity contribution in [3.05, 3.63) is 25.1 Å². The van der Waals surface area contributed by atoms with Crippen molar-refractivity contribution in [2.24, 2.45) is 0 Å². The van der Waals surface area contributed by atoms with Crippen LogP contribution >= 0.6 is 58.0 Å². The van der Waals surface area contributed by atoms with E-state index in [9.17, 15) is 5.11 Å². The van der Waals surface area contributed by atoms with Crippen molar-refractivity contribution in [1.29, 1.82) is 0 Å². The largest absolute Gasteiger partial charge is 0.505 e. The van der Waals surface area contributed by atoms with Crippen molar-refractivity contribution in [2.45, 2.75) is 0 Å². The molecule has 0 saturated heterocycles. The van der Waals surface area contributed by atoms with Gasteiger partial charge in [-0.1, -0.05) is 58.0 Å². The first-order chi connectivity index (χ1) is 7.46. The van der Waals surface area contributed by atoms with Gasteiger partial charge in [0.2, 0.25) is 0 Å². The van der Waals surface area contributed by atoms with Crippen LogP contribution in [0.5, 0.6) is 5.75 Å². The molecule has 11 heteroatoms. The molecule has 0 saturated carbocycles. The van der Waals surface area contributed by atoms with Gasteiger partial charge >= 0.3 is 30.5 Å². The van der Waals surface area contributed by atoms with Gasteiger partial charge in [-0.3, -0.25) is 0 Å². The quantitative estimate of drug-likeness (QED) is 0.301. The second-order valence-corrected chi connectivity index (χ2v) is 6.48. The van der Waals surface area contributed by atoms with Crippen LogP contribution in [0.1, 0.15) is 0 Å². The van der Waals surface area contributed by atoms with E-state index in [0.29, 0.717) is 0 Å². The minimum atomic E-state index is -5.12. The normalized spacial score (nSPS) is 10.8. The molecule has 0 heterocycles. The number of phenols is 1. The van der Waals surface area contributed by atoms with Gasteiger partial charge in [0.15, 0.2) is 5.75 Å². The molecule has 0 aromatic heterocycles. The Morgan fingerprint density at radius 3 is 1.12 bits per heavy atom. The summed E-state index contributed by atoms with van der Waals surface area (Å²) in [6.45, 7) is 0. The SMILES string of the molecule is O=[As](O)(O)O.Oc1c(Cl)c(Cl)c(Cl)c(Cl)c1Cl.